The lowest BCUT2D eigenvalue weighted by Gasteiger charge is -2.28. The summed E-state index contributed by atoms with van der Waals surface area (Å²) >= 11 is 0. The first-order chi connectivity index (χ1) is 22.3. The van der Waals surface area contributed by atoms with E-state index in [1.807, 2.05) is 12.1 Å². The van der Waals surface area contributed by atoms with Gasteiger partial charge in [-0.05, 0) is 49.7 Å². The first kappa shape index (κ1) is 33.2. The number of amides is 2. The van der Waals surface area contributed by atoms with E-state index in [1.165, 1.54) is 20.4 Å². The van der Waals surface area contributed by atoms with Crippen LogP contribution in [0.4, 0.5) is 4.79 Å². The predicted molar refractivity (Wildman–Crippen MR) is 167 cm³/mol. The molecule has 0 bridgehead atoms. The fourth-order valence-electron chi connectivity index (χ4n) is 4.67. The average molecular weight is 630 g/mol. The van der Waals surface area contributed by atoms with Crippen molar-refractivity contribution >= 4 is 18.2 Å². The van der Waals surface area contributed by atoms with E-state index in [1.54, 1.807) is 62.4 Å². The van der Waals surface area contributed by atoms with Crippen molar-refractivity contribution in [2.24, 2.45) is 5.10 Å². The van der Waals surface area contributed by atoms with Crippen LogP contribution in [0.5, 0.6) is 23.0 Å². The molecule has 1 aliphatic rings. The van der Waals surface area contributed by atoms with E-state index in [4.69, 9.17) is 23.7 Å². The van der Waals surface area contributed by atoms with E-state index < -0.39 is 24.3 Å². The number of hydrogen-bond acceptors (Lipinski definition) is 11. The van der Waals surface area contributed by atoms with Gasteiger partial charge in [-0.25, -0.2) is 9.59 Å². The summed E-state index contributed by atoms with van der Waals surface area (Å²) in [6, 6.07) is 18.3. The molecule has 240 valence electrons. The lowest BCUT2D eigenvalue weighted by atomic mass is 9.95. The molecule has 0 saturated carbocycles. The number of rotatable bonds is 14. The minimum absolute atomic E-state index is 0.139. The van der Waals surface area contributed by atoms with E-state index >= 15 is 0 Å². The molecule has 1 aliphatic heterocycles. The lowest BCUT2D eigenvalue weighted by molar-refractivity contribution is -0.136. The monoisotopic (exact) mass is 629 g/mol. The van der Waals surface area contributed by atoms with E-state index in [2.05, 4.69) is 27.2 Å². The second-order valence-corrected chi connectivity index (χ2v) is 9.85. The largest absolute Gasteiger partial charge is 0.493 e. The number of carbonyl (C=O) groups is 2. The Balaban J connectivity index is 1.43. The number of nitriles is 1. The Morgan fingerprint density at radius 1 is 1.09 bits per heavy atom. The number of esters is 1. The van der Waals surface area contributed by atoms with Gasteiger partial charge in [-0.15, -0.1) is 0 Å². The van der Waals surface area contributed by atoms with Gasteiger partial charge in [0, 0.05) is 16.8 Å². The Morgan fingerprint density at radius 2 is 1.89 bits per heavy atom. The van der Waals surface area contributed by atoms with Gasteiger partial charge in [0.05, 0.1) is 50.3 Å². The van der Waals surface area contributed by atoms with Gasteiger partial charge in [-0.1, -0.05) is 30.3 Å². The van der Waals surface area contributed by atoms with Crippen molar-refractivity contribution < 1.29 is 38.4 Å². The first-order valence-electron chi connectivity index (χ1n) is 14.3. The number of carbonyl (C=O) groups excluding carboxylic acids is 2. The van der Waals surface area contributed by atoms with Gasteiger partial charge in [0.1, 0.15) is 13.2 Å². The lowest BCUT2D eigenvalue weighted by Crippen LogP contribution is -2.45. The highest BCUT2D eigenvalue weighted by atomic mass is 16.5. The summed E-state index contributed by atoms with van der Waals surface area (Å²) in [5.41, 5.74) is 5.63. The number of allylic oxidation sites excluding steroid dienone is 1. The van der Waals surface area contributed by atoms with Crippen molar-refractivity contribution in [2.45, 2.75) is 32.7 Å². The molecule has 3 aromatic rings. The third kappa shape index (κ3) is 8.04. The Morgan fingerprint density at radius 3 is 2.63 bits per heavy atom. The second-order valence-electron chi connectivity index (χ2n) is 9.85. The molecule has 2 atom stereocenters. The number of benzene rings is 3. The minimum Gasteiger partial charge on any atom is -0.493 e. The van der Waals surface area contributed by atoms with Gasteiger partial charge in [0.15, 0.2) is 29.2 Å². The van der Waals surface area contributed by atoms with E-state index in [0.29, 0.717) is 52.0 Å². The Labute approximate surface area is 266 Å². The van der Waals surface area contributed by atoms with Crippen LogP contribution < -0.4 is 35.0 Å². The number of methoxy groups -OCH3 is 2. The van der Waals surface area contributed by atoms with Crippen molar-refractivity contribution in [2.75, 3.05) is 27.4 Å². The maximum Gasteiger partial charge on any atom is 0.337 e. The number of hydrogen-bond donors (Lipinski definition) is 4. The molecule has 4 rings (SSSR count). The molecule has 1 heterocycles. The molecule has 0 spiro atoms. The van der Waals surface area contributed by atoms with Crippen molar-refractivity contribution in [3.05, 3.63) is 94.2 Å². The summed E-state index contributed by atoms with van der Waals surface area (Å²) in [6.45, 7) is 3.68. The van der Waals surface area contributed by atoms with Crippen LogP contribution >= 0.6 is 0 Å². The van der Waals surface area contributed by atoms with Gasteiger partial charge in [0.25, 0.3) is 0 Å². The first-order valence-corrected chi connectivity index (χ1v) is 14.3. The van der Waals surface area contributed by atoms with Crippen LogP contribution in [0.1, 0.15) is 42.1 Å². The van der Waals surface area contributed by atoms with E-state index in [0.717, 1.165) is 5.56 Å². The van der Waals surface area contributed by atoms with Crippen LogP contribution in [0.3, 0.4) is 0 Å². The van der Waals surface area contributed by atoms with Crippen molar-refractivity contribution in [3.63, 3.8) is 0 Å². The van der Waals surface area contributed by atoms with E-state index in [-0.39, 0.29) is 18.8 Å². The maximum absolute atomic E-state index is 12.5. The number of nitrogens with one attached hydrogen (secondary N) is 3. The number of hydrazone groups is 1. The predicted octanol–water partition coefficient (Wildman–Crippen LogP) is 3.67. The molecule has 0 aliphatic carbocycles. The number of ether oxygens (including phenoxy) is 5. The quantitative estimate of drug-likeness (QED) is 0.0892. The van der Waals surface area contributed by atoms with Crippen LogP contribution in [-0.2, 0) is 16.1 Å². The van der Waals surface area contributed by atoms with Crippen LogP contribution in [0.2, 0.25) is 0 Å². The molecular weight excluding hydrogens is 594 g/mol. The fourth-order valence-corrected chi connectivity index (χ4v) is 4.67. The average Bonchev–Trinajstić information content (AvgIpc) is 3.06. The molecule has 13 heteroatoms. The van der Waals surface area contributed by atoms with Crippen LogP contribution in [0.15, 0.2) is 77.0 Å². The van der Waals surface area contributed by atoms with Crippen molar-refractivity contribution in [1.29, 1.82) is 5.26 Å². The van der Waals surface area contributed by atoms with Crippen LogP contribution in [0, 0.1) is 11.3 Å². The molecule has 0 radical (unpaired) electrons. The Bertz CT molecular complexity index is 1670. The molecule has 2 amide bonds. The highest BCUT2D eigenvalue weighted by Gasteiger charge is 2.32. The maximum atomic E-state index is 12.5. The van der Waals surface area contributed by atoms with Gasteiger partial charge in [-0.2, -0.15) is 10.4 Å². The highest BCUT2D eigenvalue weighted by Crippen LogP contribution is 2.35. The summed E-state index contributed by atoms with van der Waals surface area (Å²) in [6.07, 6.45) is 0.266. The molecule has 46 heavy (non-hydrogen) atoms. The SMILES string of the molecule is CCOc1cc([C@@H]2NC(=O)NC(C)=C2C(=O)OC)ccc1OC[C@H](O)N/N=C/c1cccc(OC)c1OCc1ccccc1C#N. The minimum atomic E-state index is -1.21. The Hall–Kier alpha value is -5.74. The van der Waals surface area contributed by atoms with Crippen molar-refractivity contribution in [3.8, 4) is 29.1 Å². The number of nitrogens with zero attached hydrogens (tertiary/aromatic N) is 2. The smallest absolute Gasteiger partial charge is 0.337 e. The number of aliphatic hydroxyl groups is 1. The third-order valence-corrected chi connectivity index (χ3v) is 6.84. The number of aliphatic hydroxyl groups excluding tert-OH is 1. The zero-order valence-electron chi connectivity index (χ0n) is 25.8. The molecule has 0 fully saturated rings. The molecule has 0 saturated heterocycles. The van der Waals surface area contributed by atoms with Crippen LogP contribution in [0.25, 0.3) is 0 Å². The summed E-state index contributed by atoms with van der Waals surface area (Å²) < 4.78 is 28.0. The molecule has 3 aromatic carbocycles. The molecule has 0 aromatic heterocycles. The second kappa shape index (κ2) is 15.8. The van der Waals surface area contributed by atoms with Crippen molar-refractivity contribution in [1.82, 2.24) is 16.1 Å². The summed E-state index contributed by atoms with van der Waals surface area (Å²) in [7, 11) is 2.79. The normalized spacial score (nSPS) is 14.9. The third-order valence-electron chi connectivity index (χ3n) is 6.84. The van der Waals surface area contributed by atoms with Gasteiger partial charge >= 0.3 is 12.0 Å². The molecule has 13 nitrogen and oxygen atoms in total. The standard InChI is InChI=1S/C33H35N5O8/c1-5-44-27-15-21(30-29(32(40)43-4)20(2)36-33(41)37-30)13-14-25(27)45-19-28(39)38-35-17-23-11-8-12-26(42-3)31(23)46-18-24-10-7-6-9-22(24)16-34/h6-15,17,28,30,38-39H,5,18-19H2,1-4H3,(H2,36,37,41)/b35-17+/t28-,30-/m0/s1. The summed E-state index contributed by atoms with van der Waals surface area (Å²) in [5, 5.41) is 29.4. The summed E-state index contributed by atoms with van der Waals surface area (Å²) in [4.78, 5) is 24.6. The van der Waals surface area contributed by atoms with Gasteiger partial charge < -0.3 is 39.4 Å². The number of para-hydroxylation sites is 1. The molecule has 4 N–H and O–H groups in total. The fraction of sp³-hybridized carbons (Fsp3) is 0.273. The zero-order chi connectivity index (χ0) is 33.1. The summed E-state index contributed by atoms with van der Waals surface area (Å²) in [5.74, 6) is 0.988. The van der Waals surface area contributed by atoms with Crippen LogP contribution in [-0.4, -0.2) is 57.0 Å². The molecule has 0 unspecified atom stereocenters. The Kier molecular flexibility index (Phi) is 11.4. The van der Waals surface area contributed by atoms with E-state index in [9.17, 15) is 20.0 Å². The highest BCUT2D eigenvalue weighted by molar-refractivity contribution is 5.95. The number of urea groups is 1. The molecular formula is C33H35N5O8. The van der Waals surface area contributed by atoms with Gasteiger partial charge in [-0.3, -0.25) is 5.43 Å². The topological polar surface area (TPSA) is 173 Å². The zero-order valence-corrected chi connectivity index (χ0v) is 25.8. The van der Waals surface area contributed by atoms with Gasteiger partial charge in [0.2, 0.25) is 0 Å².